The van der Waals surface area contributed by atoms with Crippen LogP contribution in [0.4, 0.5) is 11.5 Å². The highest BCUT2D eigenvalue weighted by molar-refractivity contribution is 5.49. The molecule has 1 saturated heterocycles. The van der Waals surface area contributed by atoms with E-state index in [9.17, 15) is 0 Å². The van der Waals surface area contributed by atoms with Crippen molar-refractivity contribution in [3.05, 3.63) is 18.3 Å². The first-order valence-electron chi connectivity index (χ1n) is 7.43. The number of aromatic nitrogens is 1. The van der Waals surface area contributed by atoms with E-state index in [1.165, 1.54) is 12.8 Å². The molecule has 0 saturated carbocycles. The predicted molar refractivity (Wildman–Crippen MR) is 82.8 cm³/mol. The van der Waals surface area contributed by atoms with E-state index in [4.69, 9.17) is 5.26 Å². The van der Waals surface area contributed by atoms with Crippen LogP contribution in [0.15, 0.2) is 18.3 Å². The van der Waals surface area contributed by atoms with E-state index in [1.807, 2.05) is 6.20 Å². The van der Waals surface area contributed by atoms with Crippen molar-refractivity contribution in [3.63, 3.8) is 0 Å². The lowest BCUT2D eigenvalue weighted by atomic mass is 9.88. The predicted octanol–water partition coefficient (Wildman–Crippen LogP) is 3.42. The van der Waals surface area contributed by atoms with Gasteiger partial charge in [-0.3, -0.25) is 0 Å². The largest absolute Gasteiger partial charge is 0.383 e. The van der Waals surface area contributed by atoms with E-state index in [0.29, 0.717) is 6.42 Å². The second kappa shape index (κ2) is 6.60. The zero-order valence-corrected chi connectivity index (χ0v) is 12.5. The maximum Gasteiger partial charge on any atom is 0.128 e. The lowest BCUT2D eigenvalue weighted by Crippen LogP contribution is -2.23. The number of hydrogen-bond acceptors (Lipinski definition) is 4. The first-order valence-corrected chi connectivity index (χ1v) is 7.43. The van der Waals surface area contributed by atoms with Crippen molar-refractivity contribution in [2.75, 3.05) is 29.9 Å². The molecule has 0 radical (unpaired) electrons. The number of nitrogens with one attached hydrogen (secondary N) is 1. The molecule has 0 aliphatic carbocycles. The number of hydrogen-bond donors (Lipinski definition) is 1. The first-order chi connectivity index (χ1) is 9.61. The standard InChI is InChI=1S/C16H24N4/c1-16(2,8-5-9-17)13-19-14-6-7-15(18-12-14)20-10-3-4-11-20/h6-7,12,19H,3-5,8,10-11,13H2,1-2H3. The molecule has 0 unspecified atom stereocenters. The molecule has 20 heavy (non-hydrogen) atoms. The van der Waals surface area contributed by atoms with Crippen molar-refractivity contribution in [2.45, 2.75) is 39.5 Å². The van der Waals surface area contributed by atoms with Crippen LogP contribution < -0.4 is 10.2 Å². The number of anilines is 2. The highest BCUT2D eigenvalue weighted by atomic mass is 15.2. The summed E-state index contributed by atoms with van der Waals surface area (Å²) in [4.78, 5) is 6.87. The van der Waals surface area contributed by atoms with Crippen LogP contribution in [0.1, 0.15) is 39.5 Å². The number of nitriles is 1. The molecule has 1 aromatic heterocycles. The van der Waals surface area contributed by atoms with Crippen molar-refractivity contribution in [3.8, 4) is 6.07 Å². The Bertz CT molecular complexity index is 452. The van der Waals surface area contributed by atoms with Gasteiger partial charge in [0.25, 0.3) is 0 Å². The van der Waals surface area contributed by atoms with E-state index < -0.39 is 0 Å². The minimum atomic E-state index is 0.128. The van der Waals surface area contributed by atoms with Crippen molar-refractivity contribution < 1.29 is 0 Å². The molecule has 1 aromatic rings. The average molecular weight is 272 g/mol. The van der Waals surface area contributed by atoms with Gasteiger partial charge >= 0.3 is 0 Å². The van der Waals surface area contributed by atoms with Gasteiger partial charge in [-0.25, -0.2) is 4.98 Å². The van der Waals surface area contributed by atoms with Crippen LogP contribution in [0.25, 0.3) is 0 Å². The summed E-state index contributed by atoms with van der Waals surface area (Å²) in [6.07, 6.45) is 5.98. The third-order valence-electron chi connectivity index (χ3n) is 3.86. The Morgan fingerprint density at radius 3 is 2.70 bits per heavy atom. The van der Waals surface area contributed by atoms with Gasteiger partial charge in [0.05, 0.1) is 18.0 Å². The second-order valence-corrected chi connectivity index (χ2v) is 6.28. The molecule has 0 spiro atoms. The van der Waals surface area contributed by atoms with Crippen molar-refractivity contribution in [2.24, 2.45) is 5.41 Å². The molecule has 0 atom stereocenters. The van der Waals surface area contributed by atoms with Gasteiger partial charge in [0.2, 0.25) is 0 Å². The molecule has 4 nitrogen and oxygen atoms in total. The summed E-state index contributed by atoms with van der Waals surface area (Å²) < 4.78 is 0. The van der Waals surface area contributed by atoms with Gasteiger partial charge in [0.1, 0.15) is 5.82 Å². The molecule has 2 rings (SSSR count). The van der Waals surface area contributed by atoms with Gasteiger partial charge < -0.3 is 10.2 Å². The molecule has 1 aliphatic rings. The van der Waals surface area contributed by atoms with Gasteiger partial charge in [-0.1, -0.05) is 13.8 Å². The number of nitrogens with zero attached hydrogens (tertiary/aromatic N) is 3. The summed E-state index contributed by atoms with van der Waals surface area (Å²) in [5.74, 6) is 1.08. The Morgan fingerprint density at radius 2 is 2.10 bits per heavy atom. The molecule has 1 N–H and O–H groups in total. The Balaban J connectivity index is 1.86. The molecule has 1 aliphatic heterocycles. The Labute approximate surface area is 121 Å². The van der Waals surface area contributed by atoms with Crippen LogP contribution in [-0.2, 0) is 0 Å². The van der Waals surface area contributed by atoms with Gasteiger partial charge in [0, 0.05) is 26.1 Å². The van der Waals surface area contributed by atoms with Gasteiger partial charge in [-0.2, -0.15) is 5.26 Å². The topological polar surface area (TPSA) is 52.0 Å². The van der Waals surface area contributed by atoms with Gasteiger partial charge in [-0.15, -0.1) is 0 Å². The van der Waals surface area contributed by atoms with E-state index in [2.05, 4.69) is 47.3 Å². The molecule has 2 heterocycles. The van der Waals surface area contributed by atoms with Gasteiger partial charge in [-0.05, 0) is 36.8 Å². The summed E-state index contributed by atoms with van der Waals surface area (Å²) >= 11 is 0. The van der Waals surface area contributed by atoms with E-state index in [0.717, 1.165) is 37.6 Å². The highest BCUT2D eigenvalue weighted by Gasteiger charge is 2.17. The summed E-state index contributed by atoms with van der Waals surface area (Å²) in [7, 11) is 0. The van der Waals surface area contributed by atoms with Crippen molar-refractivity contribution >= 4 is 11.5 Å². The fourth-order valence-electron chi connectivity index (χ4n) is 2.45. The van der Waals surface area contributed by atoms with Crippen LogP contribution in [0.5, 0.6) is 0 Å². The zero-order valence-electron chi connectivity index (χ0n) is 12.5. The first kappa shape index (κ1) is 14.6. The number of pyridine rings is 1. The fourth-order valence-corrected chi connectivity index (χ4v) is 2.45. The Morgan fingerprint density at radius 1 is 1.35 bits per heavy atom. The van der Waals surface area contributed by atoms with E-state index in [1.54, 1.807) is 0 Å². The molecule has 0 aromatic carbocycles. The zero-order chi connectivity index (χ0) is 14.4. The summed E-state index contributed by atoms with van der Waals surface area (Å²) in [5, 5.41) is 12.1. The Hall–Kier alpha value is -1.76. The second-order valence-electron chi connectivity index (χ2n) is 6.28. The van der Waals surface area contributed by atoms with Crippen LogP contribution in [0, 0.1) is 16.7 Å². The molecular formula is C16H24N4. The number of rotatable bonds is 6. The van der Waals surface area contributed by atoms with E-state index in [-0.39, 0.29) is 5.41 Å². The highest BCUT2D eigenvalue weighted by Crippen LogP contribution is 2.24. The van der Waals surface area contributed by atoms with Crippen molar-refractivity contribution in [1.29, 1.82) is 5.26 Å². The molecule has 0 bridgehead atoms. The maximum absolute atomic E-state index is 8.66. The average Bonchev–Trinajstić information content (AvgIpc) is 2.98. The summed E-state index contributed by atoms with van der Waals surface area (Å²) in [5.41, 5.74) is 1.18. The smallest absolute Gasteiger partial charge is 0.128 e. The minimum Gasteiger partial charge on any atom is -0.383 e. The normalized spacial score (nSPS) is 15.2. The molecular weight excluding hydrogens is 248 g/mol. The van der Waals surface area contributed by atoms with Gasteiger partial charge in [0.15, 0.2) is 0 Å². The summed E-state index contributed by atoms with van der Waals surface area (Å²) in [6, 6.07) is 6.41. The molecule has 1 fully saturated rings. The lowest BCUT2D eigenvalue weighted by Gasteiger charge is -2.24. The lowest BCUT2D eigenvalue weighted by molar-refractivity contribution is 0.364. The third kappa shape index (κ3) is 4.12. The maximum atomic E-state index is 8.66. The van der Waals surface area contributed by atoms with E-state index >= 15 is 0 Å². The SMILES string of the molecule is CC(C)(CCC#N)CNc1ccc(N2CCCC2)nc1. The molecule has 0 amide bonds. The van der Waals surface area contributed by atoms with Crippen LogP contribution in [0.2, 0.25) is 0 Å². The quantitative estimate of drug-likeness (QED) is 0.862. The summed E-state index contributed by atoms with van der Waals surface area (Å²) in [6.45, 7) is 7.48. The Kier molecular flexibility index (Phi) is 4.84. The molecule has 108 valence electrons. The minimum absolute atomic E-state index is 0.128. The van der Waals surface area contributed by atoms with Crippen LogP contribution >= 0.6 is 0 Å². The fraction of sp³-hybridized carbons (Fsp3) is 0.625. The third-order valence-corrected chi connectivity index (χ3v) is 3.86. The van der Waals surface area contributed by atoms with Crippen molar-refractivity contribution in [1.82, 2.24) is 4.98 Å². The molecule has 4 heteroatoms. The monoisotopic (exact) mass is 272 g/mol. The van der Waals surface area contributed by atoms with Crippen LogP contribution in [0.3, 0.4) is 0 Å². The van der Waals surface area contributed by atoms with Crippen LogP contribution in [-0.4, -0.2) is 24.6 Å².